The molecule has 0 aliphatic carbocycles. The predicted molar refractivity (Wildman–Crippen MR) is 76.2 cm³/mol. The van der Waals surface area contributed by atoms with Gasteiger partial charge in [0.05, 0.1) is 5.56 Å². The molecule has 0 unspecified atom stereocenters. The fourth-order valence-corrected chi connectivity index (χ4v) is 2.21. The second kappa shape index (κ2) is 7.04. The Bertz CT molecular complexity index is 533. The highest BCUT2D eigenvalue weighted by Crippen LogP contribution is 2.10. The normalized spacial score (nSPS) is 16.2. The second-order valence-corrected chi connectivity index (χ2v) is 4.81. The number of carbonyl (C=O) groups is 1. The fourth-order valence-electron chi connectivity index (χ4n) is 2.21. The van der Waals surface area contributed by atoms with Crippen LogP contribution < -0.4 is 0 Å². The lowest BCUT2D eigenvalue weighted by molar-refractivity contribution is 0.0756. The zero-order chi connectivity index (χ0) is 14.4. The van der Waals surface area contributed by atoms with E-state index in [1.54, 1.807) is 18.3 Å². The minimum Gasteiger partial charge on any atom is -0.384 e. The Morgan fingerprint density at radius 1 is 1.40 bits per heavy atom. The number of aliphatic hydroxyl groups excluding tert-OH is 1. The van der Waals surface area contributed by atoms with E-state index < -0.39 is 0 Å². The molecule has 0 spiro atoms. The summed E-state index contributed by atoms with van der Waals surface area (Å²) in [4.78, 5) is 20.8. The van der Waals surface area contributed by atoms with E-state index in [0.29, 0.717) is 17.8 Å². The highest BCUT2D eigenvalue weighted by atomic mass is 16.2. The number of rotatable bonds is 1. The Morgan fingerprint density at radius 2 is 2.25 bits per heavy atom. The predicted octanol–water partition coefficient (Wildman–Crippen LogP) is 0.203. The molecule has 0 radical (unpaired) electrons. The molecule has 1 aliphatic rings. The van der Waals surface area contributed by atoms with Crippen molar-refractivity contribution in [2.24, 2.45) is 0 Å². The molecule has 0 atom stereocenters. The molecule has 1 aromatic rings. The van der Waals surface area contributed by atoms with Gasteiger partial charge in [0.2, 0.25) is 0 Å². The van der Waals surface area contributed by atoms with Gasteiger partial charge in [0, 0.05) is 25.8 Å². The van der Waals surface area contributed by atoms with Crippen LogP contribution in [0.3, 0.4) is 0 Å². The summed E-state index contributed by atoms with van der Waals surface area (Å²) >= 11 is 0. The molecule has 2 heterocycles. The van der Waals surface area contributed by atoms with Gasteiger partial charge in [-0.15, -0.1) is 0 Å². The Kier molecular flexibility index (Phi) is 5.10. The number of aromatic nitrogens is 1. The van der Waals surface area contributed by atoms with Gasteiger partial charge in [-0.25, -0.2) is 4.98 Å². The van der Waals surface area contributed by atoms with Gasteiger partial charge in [0.1, 0.15) is 12.3 Å². The van der Waals surface area contributed by atoms with Gasteiger partial charge >= 0.3 is 0 Å². The van der Waals surface area contributed by atoms with Gasteiger partial charge in [0.25, 0.3) is 5.91 Å². The third-order valence-electron chi connectivity index (χ3n) is 3.32. The number of carbonyl (C=O) groups excluding carboxylic acids is 1. The van der Waals surface area contributed by atoms with E-state index in [-0.39, 0.29) is 12.5 Å². The summed E-state index contributed by atoms with van der Waals surface area (Å²) in [7, 11) is 2.06. The number of nitrogens with zero attached hydrogens (tertiary/aromatic N) is 3. The molecular weight excluding hydrogens is 254 g/mol. The standard InChI is InChI=1S/C15H19N3O2/c1-17-8-4-9-18(11-10-17)15(20)14-13(6-3-12-19)5-2-7-16-14/h2,5,7,19H,4,8-12H2,1H3. The Labute approximate surface area is 119 Å². The summed E-state index contributed by atoms with van der Waals surface area (Å²) in [5.41, 5.74) is 0.946. The maximum absolute atomic E-state index is 12.6. The molecule has 106 valence electrons. The van der Waals surface area contributed by atoms with Gasteiger partial charge in [-0.2, -0.15) is 0 Å². The quantitative estimate of drug-likeness (QED) is 0.743. The lowest BCUT2D eigenvalue weighted by Crippen LogP contribution is -2.35. The van der Waals surface area contributed by atoms with Crippen molar-refractivity contribution in [3.8, 4) is 11.8 Å². The summed E-state index contributed by atoms with van der Waals surface area (Å²) in [6, 6.07) is 3.50. The van der Waals surface area contributed by atoms with Crippen LogP contribution in [0.25, 0.3) is 0 Å². The molecule has 1 N–H and O–H groups in total. The third-order valence-corrected chi connectivity index (χ3v) is 3.32. The van der Waals surface area contributed by atoms with E-state index in [9.17, 15) is 4.79 Å². The Morgan fingerprint density at radius 3 is 3.05 bits per heavy atom. The SMILES string of the molecule is CN1CCCN(C(=O)c2ncccc2C#CCO)CC1. The number of hydrogen-bond donors (Lipinski definition) is 1. The number of pyridine rings is 1. The minimum atomic E-state index is -0.225. The smallest absolute Gasteiger partial charge is 0.273 e. The van der Waals surface area contributed by atoms with E-state index in [1.165, 1.54) is 0 Å². The summed E-state index contributed by atoms with van der Waals surface area (Å²) < 4.78 is 0. The fraction of sp³-hybridized carbons (Fsp3) is 0.467. The van der Waals surface area contributed by atoms with Crippen LogP contribution in [0.1, 0.15) is 22.5 Å². The molecule has 5 heteroatoms. The van der Waals surface area contributed by atoms with Crippen LogP contribution >= 0.6 is 0 Å². The maximum Gasteiger partial charge on any atom is 0.273 e. The average molecular weight is 273 g/mol. The zero-order valence-electron chi connectivity index (χ0n) is 11.7. The lowest BCUT2D eigenvalue weighted by Gasteiger charge is -2.20. The summed E-state index contributed by atoms with van der Waals surface area (Å²) in [5.74, 6) is 5.28. The van der Waals surface area contributed by atoms with Crippen LogP contribution in [-0.2, 0) is 0 Å². The van der Waals surface area contributed by atoms with Crippen molar-refractivity contribution in [1.29, 1.82) is 0 Å². The van der Waals surface area contributed by atoms with Crippen LogP contribution in [0.4, 0.5) is 0 Å². The molecule has 1 fully saturated rings. The summed E-state index contributed by atoms with van der Waals surface area (Å²) in [6.07, 6.45) is 2.56. The Balaban J connectivity index is 2.20. The van der Waals surface area contributed by atoms with Crippen LogP contribution in [0, 0.1) is 11.8 Å². The van der Waals surface area contributed by atoms with Crippen molar-refractivity contribution in [3.63, 3.8) is 0 Å². The van der Waals surface area contributed by atoms with Gasteiger partial charge < -0.3 is 14.9 Å². The lowest BCUT2D eigenvalue weighted by atomic mass is 10.1. The molecule has 0 bridgehead atoms. The van der Waals surface area contributed by atoms with E-state index in [4.69, 9.17) is 5.11 Å². The zero-order valence-corrected chi connectivity index (χ0v) is 11.7. The number of hydrogen-bond acceptors (Lipinski definition) is 4. The van der Waals surface area contributed by atoms with Crippen LogP contribution in [0.15, 0.2) is 18.3 Å². The van der Waals surface area contributed by atoms with E-state index in [2.05, 4.69) is 28.8 Å². The van der Waals surface area contributed by atoms with Gasteiger partial charge in [-0.3, -0.25) is 4.79 Å². The highest BCUT2D eigenvalue weighted by Gasteiger charge is 2.21. The van der Waals surface area contributed by atoms with Crippen molar-refractivity contribution < 1.29 is 9.90 Å². The molecule has 0 saturated carbocycles. The molecule has 1 aliphatic heterocycles. The first-order valence-electron chi connectivity index (χ1n) is 6.75. The second-order valence-electron chi connectivity index (χ2n) is 4.81. The summed E-state index contributed by atoms with van der Waals surface area (Å²) in [5, 5.41) is 8.78. The van der Waals surface area contributed by atoms with Crippen LogP contribution in [0.5, 0.6) is 0 Å². The van der Waals surface area contributed by atoms with Crippen molar-refractivity contribution >= 4 is 5.91 Å². The number of amides is 1. The van der Waals surface area contributed by atoms with E-state index >= 15 is 0 Å². The van der Waals surface area contributed by atoms with E-state index in [0.717, 1.165) is 26.1 Å². The van der Waals surface area contributed by atoms with Crippen molar-refractivity contribution in [1.82, 2.24) is 14.8 Å². The maximum atomic E-state index is 12.6. The highest BCUT2D eigenvalue weighted by molar-refractivity contribution is 5.94. The first-order valence-corrected chi connectivity index (χ1v) is 6.75. The monoisotopic (exact) mass is 273 g/mol. The molecule has 2 rings (SSSR count). The van der Waals surface area contributed by atoms with Crippen molar-refractivity contribution in [2.45, 2.75) is 6.42 Å². The average Bonchev–Trinajstić information content (AvgIpc) is 2.69. The topological polar surface area (TPSA) is 56.7 Å². The molecule has 5 nitrogen and oxygen atoms in total. The molecule has 1 amide bonds. The number of likely N-dealkylation sites (N-methyl/N-ethyl adjacent to an activating group) is 1. The molecule has 0 aromatic carbocycles. The van der Waals surface area contributed by atoms with Gasteiger partial charge in [-0.05, 0) is 32.1 Å². The largest absolute Gasteiger partial charge is 0.384 e. The first-order chi connectivity index (χ1) is 9.72. The molecule has 20 heavy (non-hydrogen) atoms. The van der Waals surface area contributed by atoms with Crippen molar-refractivity contribution in [3.05, 3.63) is 29.6 Å². The molecular formula is C15H19N3O2. The Hall–Kier alpha value is -1.90. The van der Waals surface area contributed by atoms with E-state index in [1.807, 2.05) is 4.90 Å². The summed E-state index contributed by atoms with van der Waals surface area (Å²) in [6.45, 7) is 3.10. The van der Waals surface area contributed by atoms with Crippen molar-refractivity contribution in [2.75, 3.05) is 39.8 Å². The van der Waals surface area contributed by atoms with Crippen LogP contribution in [0.2, 0.25) is 0 Å². The van der Waals surface area contributed by atoms with Gasteiger partial charge in [-0.1, -0.05) is 11.8 Å². The number of aliphatic hydroxyl groups is 1. The molecule has 1 saturated heterocycles. The third kappa shape index (κ3) is 3.56. The van der Waals surface area contributed by atoms with Crippen LogP contribution in [-0.4, -0.2) is 65.6 Å². The molecule has 1 aromatic heterocycles. The van der Waals surface area contributed by atoms with Gasteiger partial charge in [0.15, 0.2) is 0 Å². The minimum absolute atomic E-state index is 0.0804. The first kappa shape index (κ1) is 14.5.